The van der Waals surface area contributed by atoms with E-state index in [9.17, 15) is 0 Å². The molecule has 0 radical (unpaired) electrons. The van der Waals surface area contributed by atoms with Gasteiger partial charge in [0, 0.05) is 6.04 Å². The van der Waals surface area contributed by atoms with Crippen LogP contribution in [0, 0.1) is 5.92 Å². The lowest BCUT2D eigenvalue weighted by Gasteiger charge is -2.18. The summed E-state index contributed by atoms with van der Waals surface area (Å²) in [5.41, 5.74) is 4.02. The van der Waals surface area contributed by atoms with Crippen molar-refractivity contribution in [3.63, 3.8) is 0 Å². The molecule has 1 saturated carbocycles. The highest BCUT2D eigenvalue weighted by Gasteiger charge is 2.25. The minimum absolute atomic E-state index is 0.525. The van der Waals surface area contributed by atoms with Gasteiger partial charge in [0.25, 0.3) is 0 Å². The zero-order valence-corrected chi connectivity index (χ0v) is 12.2. The molecule has 1 aliphatic rings. The van der Waals surface area contributed by atoms with Crippen LogP contribution in [0.4, 0.5) is 0 Å². The van der Waals surface area contributed by atoms with Gasteiger partial charge in [-0.15, -0.1) is 0 Å². The second kappa shape index (κ2) is 6.23. The van der Waals surface area contributed by atoms with E-state index in [0.717, 1.165) is 12.5 Å². The average Bonchev–Trinajstić information content (AvgIpc) is 3.32. The van der Waals surface area contributed by atoms with E-state index in [1.165, 1.54) is 36.0 Å². The summed E-state index contributed by atoms with van der Waals surface area (Å²) in [5, 5.41) is 3.63. The third-order valence-corrected chi connectivity index (χ3v) is 4.14. The van der Waals surface area contributed by atoms with Gasteiger partial charge in [-0.3, -0.25) is 0 Å². The third-order valence-electron chi connectivity index (χ3n) is 4.14. The first kappa shape index (κ1) is 13.4. The van der Waals surface area contributed by atoms with Gasteiger partial charge in [0.15, 0.2) is 0 Å². The van der Waals surface area contributed by atoms with Crippen molar-refractivity contribution >= 4 is 0 Å². The molecule has 1 N–H and O–H groups in total. The Bertz CT molecular complexity index is 525. The van der Waals surface area contributed by atoms with Crippen LogP contribution in [0.15, 0.2) is 54.6 Å². The molecular formula is C19H23N. The van der Waals surface area contributed by atoms with Crippen molar-refractivity contribution in [3.05, 3.63) is 60.2 Å². The standard InChI is InChI=1S/C19H23N/c1-2-20-19(14-15-8-9-15)18-12-10-17(11-13-18)16-6-4-3-5-7-16/h3-7,10-13,15,19-20H,2,8-9,14H2,1H3. The van der Waals surface area contributed by atoms with Gasteiger partial charge in [0.1, 0.15) is 0 Å². The van der Waals surface area contributed by atoms with E-state index >= 15 is 0 Å². The monoisotopic (exact) mass is 265 g/mol. The second-order valence-corrected chi connectivity index (χ2v) is 5.78. The van der Waals surface area contributed by atoms with Gasteiger partial charge in [0.2, 0.25) is 0 Å². The Balaban J connectivity index is 1.76. The molecule has 1 fully saturated rings. The molecule has 0 amide bonds. The van der Waals surface area contributed by atoms with E-state index in [1.54, 1.807) is 0 Å². The van der Waals surface area contributed by atoms with Gasteiger partial charge < -0.3 is 5.32 Å². The van der Waals surface area contributed by atoms with Gasteiger partial charge in [-0.25, -0.2) is 0 Å². The van der Waals surface area contributed by atoms with E-state index in [4.69, 9.17) is 0 Å². The summed E-state index contributed by atoms with van der Waals surface area (Å²) in [6, 6.07) is 20.2. The zero-order valence-electron chi connectivity index (χ0n) is 12.2. The molecule has 1 atom stereocenters. The van der Waals surface area contributed by atoms with E-state index in [0.29, 0.717) is 6.04 Å². The average molecular weight is 265 g/mol. The molecule has 1 aliphatic carbocycles. The summed E-state index contributed by atoms with van der Waals surface area (Å²) < 4.78 is 0. The SMILES string of the molecule is CCNC(CC1CC1)c1ccc(-c2ccccc2)cc1. The van der Waals surface area contributed by atoms with Gasteiger partial charge in [-0.1, -0.05) is 74.4 Å². The van der Waals surface area contributed by atoms with Gasteiger partial charge in [0.05, 0.1) is 0 Å². The molecule has 0 bridgehead atoms. The Morgan fingerprint density at radius 1 is 0.950 bits per heavy atom. The molecule has 0 heterocycles. The van der Waals surface area contributed by atoms with Crippen molar-refractivity contribution in [1.82, 2.24) is 5.32 Å². The number of rotatable bonds is 6. The highest BCUT2D eigenvalue weighted by atomic mass is 14.9. The number of hydrogen-bond acceptors (Lipinski definition) is 1. The maximum atomic E-state index is 3.63. The van der Waals surface area contributed by atoms with Gasteiger partial charge in [-0.05, 0) is 35.6 Å². The van der Waals surface area contributed by atoms with E-state index in [2.05, 4.69) is 66.8 Å². The van der Waals surface area contributed by atoms with Crippen LogP contribution in [-0.2, 0) is 0 Å². The molecule has 0 aliphatic heterocycles. The Morgan fingerprint density at radius 3 is 2.20 bits per heavy atom. The van der Waals surface area contributed by atoms with Crippen LogP contribution in [0.2, 0.25) is 0 Å². The molecule has 2 aromatic carbocycles. The van der Waals surface area contributed by atoms with Gasteiger partial charge >= 0.3 is 0 Å². The normalized spacial score (nSPS) is 16.1. The van der Waals surface area contributed by atoms with Crippen LogP contribution in [0.3, 0.4) is 0 Å². The molecule has 2 aromatic rings. The van der Waals surface area contributed by atoms with Crippen molar-refractivity contribution in [3.8, 4) is 11.1 Å². The molecule has 0 saturated heterocycles. The molecule has 0 aromatic heterocycles. The summed E-state index contributed by atoms with van der Waals surface area (Å²) in [6.07, 6.45) is 4.13. The Kier molecular flexibility index (Phi) is 4.17. The number of hydrogen-bond donors (Lipinski definition) is 1. The maximum Gasteiger partial charge on any atom is 0.0322 e. The van der Waals surface area contributed by atoms with Crippen LogP contribution >= 0.6 is 0 Å². The fourth-order valence-electron chi connectivity index (χ4n) is 2.81. The van der Waals surface area contributed by atoms with Crippen LogP contribution < -0.4 is 5.32 Å². The molecule has 20 heavy (non-hydrogen) atoms. The highest BCUT2D eigenvalue weighted by molar-refractivity contribution is 5.63. The minimum atomic E-state index is 0.525. The lowest BCUT2D eigenvalue weighted by molar-refractivity contribution is 0.487. The molecular weight excluding hydrogens is 242 g/mol. The van der Waals surface area contributed by atoms with Crippen LogP contribution in [0.1, 0.15) is 37.8 Å². The molecule has 1 nitrogen and oxygen atoms in total. The Labute approximate surface area is 122 Å². The topological polar surface area (TPSA) is 12.0 Å². The lowest BCUT2D eigenvalue weighted by Crippen LogP contribution is -2.21. The second-order valence-electron chi connectivity index (χ2n) is 5.78. The van der Waals surface area contributed by atoms with E-state index in [-0.39, 0.29) is 0 Å². The number of benzene rings is 2. The molecule has 1 unspecified atom stereocenters. The molecule has 104 valence electrons. The molecule has 3 rings (SSSR count). The predicted molar refractivity (Wildman–Crippen MR) is 85.6 cm³/mol. The summed E-state index contributed by atoms with van der Waals surface area (Å²) in [6.45, 7) is 3.23. The highest BCUT2D eigenvalue weighted by Crippen LogP contribution is 2.37. The third kappa shape index (κ3) is 3.29. The van der Waals surface area contributed by atoms with Crippen molar-refractivity contribution in [1.29, 1.82) is 0 Å². The van der Waals surface area contributed by atoms with E-state index < -0.39 is 0 Å². The van der Waals surface area contributed by atoms with E-state index in [1.807, 2.05) is 0 Å². The molecule has 0 spiro atoms. The molecule has 1 heteroatoms. The van der Waals surface area contributed by atoms with Crippen molar-refractivity contribution in [2.75, 3.05) is 6.54 Å². The number of nitrogens with one attached hydrogen (secondary N) is 1. The van der Waals surface area contributed by atoms with Crippen LogP contribution in [-0.4, -0.2) is 6.54 Å². The van der Waals surface area contributed by atoms with Crippen molar-refractivity contribution in [2.45, 2.75) is 32.2 Å². The van der Waals surface area contributed by atoms with Gasteiger partial charge in [-0.2, -0.15) is 0 Å². The van der Waals surface area contributed by atoms with Crippen LogP contribution in [0.25, 0.3) is 11.1 Å². The van der Waals surface area contributed by atoms with Crippen LogP contribution in [0.5, 0.6) is 0 Å². The smallest absolute Gasteiger partial charge is 0.0322 e. The first-order chi connectivity index (χ1) is 9.86. The maximum absolute atomic E-state index is 3.63. The predicted octanol–water partition coefficient (Wildman–Crippen LogP) is 4.80. The zero-order chi connectivity index (χ0) is 13.8. The first-order valence-electron chi connectivity index (χ1n) is 7.75. The van der Waals surface area contributed by atoms with Crippen molar-refractivity contribution in [2.24, 2.45) is 5.92 Å². The Hall–Kier alpha value is -1.60. The summed E-state index contributed by atoms with van der Waals surface area (Å²) in [5.74, 6) is 0.952. The minimum Gasteiger partial charge on any atom is -0.310 e. The lowest BCUT2D eigenvalue weighted by atomic mass is 9.97. The Morgan fingerprint density at radius 2 is 1.60 bits per heavy atom. The summed E-state index contributed by atoms with van der Waals surface area (Å²) in [4.78, 5) is 0. The fourth-order valence-corrected chi connectivity index (χ4v) is 2.81. The van der Waals surface area contributed by atoms with Crippen molar-refractivity contribution < 1.29 is 0 Å². The first-order valence-corrected chi connectivity index (χ1v) is 7.75. The quantitative estimate of drug-likeness (QED) is 0.790. The summed E-state index contributed by atoms with van der Waals surface area (Å²) >= 11 is 0. The largest absolute Gasteiger partial charge is 0.310 e. The summed E-state index contributed by atoms with van der Waals surface area (Å²) in [7, 11) is 0. The fraction of sp³-hybridized carbons (Fsp3) is 0.368.